The van der Waals surface area contributed by atoms with Crippen molar-refractivity contribution < 1.29 is 27.1 Å². The molecule has 1 aromatic carbocycles. The highest BCUT2D eigenvalue weighted by Gasteiger charge is 2.50. The summed E-state index contributed by atoms with van der Waals surface area (Å²) in [4.78, 5) is 30.6. The van der Waals surface area contributed by atoms with E-state index in [-0.39, 0.29) is 29.4 Å². The second-order valence-corrected chi connectivity index (χ2v) is 7.90. The predicted molar refractivity (Wildman–Crippen MR) is 106 cm³/mol. The number of carbonyl (C=O) groups excluding carboxylic acids is 1. The smallest absolute Gasteiger partial charge is 0.434 e. The van der Waals surface area contributed by atoms with Gasteiger partial charge in [-0.2, -0.15) is 13.2 Å². The lowest BCUT2D eigenvalue weighted by atomic mass is 9.98. The highest BCUT2D eigenvalue weighted by Crippen LogP contribution is 2.41. The molecular weight excluding hydrogens is 442 g/mol. The van der Waals surface area contributed by atoms with Crippen LogP contribution < -0.4 is 4.74 Å². The third-order valence-electron chi connectivity index (χ3n) is 5.92. The first kappa shape index (κ1) is 21.2. The van der Waals surface area contributed by atoms with Crippen LogP contribution in [0.2, 0.25) is 0 Å². The van der Waals surface area contributed by atoms with Crippen molar-refractivity contribution in [1.29, 1.82) is 0 Å². The predicted octanol–water partition coefficient (Wildman–Crippen LogP) is 3.92. The van der Waals surface area contributed by atoms with E-state index >= 15 is 0 Å². The highest BCUT2D eigenvalue weighted by molar-refractivity contribution is 6.00. The number of nitrogens with zero attached hydrogens (tertiary/aromatic N) is 5. The first-order valence-corrected chi connectivity index (χ1v) is 10.3. The average Bonchev–Trinajstić information content (AvgIpc) is 3.36. The maximum absolute atomic E-state index is 14.1. The molecule has 0 N–H and O–H groups in total. The number of benzene rings is 1. The molecular formula is C22H17F4N5O2. The third kappa shape index (κ3) is 3.98. The van der Waals surface area contributed by atoms with Crippen LogP contribution in [-0.4, -0.2) is 48.9 Å². The topological polar surface area (TPSA) is 81.1 Å². The van der Waals surface area contributed by atoms with Gasteiger partial charge in [0, 0.05) is 30.4 Å². The van der Waals surface area contributed by atoms with Gasteiger partial charge in [0.25, 0.3) is 5.91 Å². The van der Waals surface area contributed by atoms with Gasteiger partial charge < -0.3 is 9.64 Å². The van der Waals surface area contributed by atoms with Gasteiger partial charge >= 0.3 is 6.18 Å². The summed E-state index contributed by atoms with van der Waals surface area (Å²) < 4.78 is 58.0. The number of aromatic nitrogens is 4. The van der Waals surface area contributed by atoms with Crippen LogP contribution in [0.15, 0.2) is 49.1 Å². The summed E-state index contributed by atoms with van der Waals surface area (Å²) in [5, 5.41) is 0. The van der Waals surface area contributed by atoms with Crippen molar-refractivity contribution >= 4 is 5.91 Å². The molecule has 11 heteroatoms. The maximum atomic E-state index is 14.1. The Bertz CT molecular complexity index is 1170. The SMILES string of the molecule is O=C(c1cc(F)ccc1-c1ncccn1)N1[C@@H]2CC[C@H]1[C@H](Oc1cnc(C(F)(F)F)cn1)C2. The van der Waals surface area contributed by atoms with Gasteiger partial charge in [-0.1, -0.05) is 0 Å². The van der Waals surface area contributed by atoms with E-state index < -0.39 is 23.8 Å². The largest absolute Gasteiger partial charge is 0.471 e. The fourth-order valence-corrected chi connectivity index (χ4v) is 4.52. The quantitative estimate of drug-likeness (QED) is 0.551. The molecule has 5 rings (SSSR count). The van der Waals surface area contributed by atoms with Crippen LogP contribution in [-0.2, 0) is 6.18 Å². The van der Waals surface area contributed by atoms with E-state index in [1.807, 2.05) is 0 Å². The zero-order valence-corrected chi connectivity index (χ0v) is 17.0. The van der Waals surface area contributed by atoms with Crippen LogP contribution in [0.4, 0.5) is 17.6 Å². The van der Waals surface area contributed by atoms with Crippen LogP contribution in [0.1, 0.15) is 35.3 Å². The van der Waals surface area contributed by atoms with Crippen molar-refractivity contribution in [1.82, 2.24) is 24.8 Å². The second-order valence-electron chi connectivity index (χ2n) is 7.90. The Morgan fingerprint density at radius 1 is 1.06 bits per heavy atom. The van der Waals surface area contributed by atoms with Crippen molar-refractivity contribution in [3.8, 4) is 17.3 Å². The Labute approximate surface area is 185 Å². The molecule has 2 bridgehead atoms. The number of rotatable bonds is 4. The lowest BCUT2D eigenvalue weighted by Gasteiger charge is -2.25. The molecule has 1 amide bonds. The maximum Gasteiger partial charge on any atom is 0.434 e. The number of carbonyl (C=O) groups is 1. The molecule has 0 spiro atoms. The van der Waals surface area contributed by atoms with Gasteiger partial charge in [-0.15, -0.1) is 0 Å². The molecule has 0 unspecified atom stereocenters. The molecule has 4 heterocycles. The Morgan fingerprint density at radius 3 is 2.55 bits per heavy atom. The van der Waals surface area contributed by atoms with Crippen molar-refractivity contribution in [3.05, 3.63) is 66.1 Å². The van der Waals surface area contributed by atoms with Crippen LogP contribution in [0.25, 0.3) is 11.4 Å². The Balaban J connectivity index is 1.39. The molecule has 3 atom stereocenters. The molecule has 2 aliphatic rings. The zero-order valence-electron chi connectivity index (χ0n) is 17.0. The molecule has 170 valence electrons. The second kappa shape index (κ2) is 8.05. The fraction of sp³-hybridized carbons (Fsp3) is 0.318. The van der Waals surface area contributed by atoms with E-state index in [0.717, 1.165) is 12.6 Å². The van der Waals surface area contributed by atoms with Crippen LogP contribution in [0, 0.1) is 5.82 Å². The number of halogens is 4. The number of hydrogen-bond acceptors (Lipinski definition) is 6. The molecule has 7 nitrogen and oxygen atoms in total. The van der Waals surface area contributed by atoms with Gasteiger partial charge in [0.15, 0.2) is 11.5 Å². The van der Waals surface area contributed by atoms with Gasteiger partial charge in [0.1, 0.15) is 11.9 Å². The minimum absolute atomic E-state index is 0.0444. The minimum Gasteiger partial charge on any atom is -0.471 e. The molecule has 0 aliphatic carbocycles. The van der Waals surface area contributed by atoms with Crippen LogP contribution >= 0.6 is 0 Å². The number of fused-ring (bicyclic) bond motifs is 2. The minimum atomic E-state index is -4.59. The van der Waals surface area contributed by atoms with E-state index in [2.05, 4.69) is 19.9 Å². The summed E-state index contributed by atoms with van der Waals surface area (Å²) in [6.07, 6.45) is 1.47. The van der Waals surface area contributed by atoms with Gasteiger partial charge in [-0.25, -0.2) is 24.3 Å². The van der Waals surface area contributed by atoms with E-state index in [1.54, 1.807) is 11.0 Å². The third-order valence-corrected chi connectivity index (χ3v) is 5.92. The lowest BCUT2D eigenvalue weighted by molar-refractivity contribution is -0.141. The van der Waals surface area contributed by atoms with Crippen LogP contribution in [0.3, 0.4) is 0 Å². The lowest BCUT2D eigenvalue weighted by Crippen LogP contribution is -2.39. The fourth-order valence-electron chi connectivity index (χ4n) is 4.52. The first-order valence-electron chi connectivity index (χ1n) is 10.3. The summed E-state index contributed by atoms with van der Waals surface area (Å²) in [6.45, 7) is 0. The zero-order chi connectivity index (χ0) is 23.2. The highest BCUT2D eigenvalue weighted by atomic mass is 19.4. The Morgan fingerprint density at radius 2 is 1.85 bits per heavy atom. The van der Waals surface area contributed by atoms with Crippen molar-refractivity contribution in [2.75, 3.05) is 0 Å². The molecule has 2 saturated heterocycles. The van der Waals surface area contributed by atoms with Crippen molar-refractivity contribution in [3.63, 3.8) is 0 Å². The van der Waals surface area contributed by atoms with E-state index in [0.29, 0.717) is 30.4 Å². The number of alkyl halides is 3. The summed E-state index contributed by atoms with van der Waals surface area (Å²) in [7, 11) is 0. The first-order chi connectivity index (χ1) is 15.8. The standard InChI is InChI=1S/C22H17F4N5O2/c23-12-2-4-14(20-27-6-1-7-28-20)15(8-12)21(32)31-13-3-5-16(31)17(9-13)33-19-11-29-18(10-30-19)22(24,25)26/h1-2,4,6-8,10-11,13,16-17H,3,5,9H2/t13-,16+,17-/m1/s1. The van der Waals surface area contributed by atoms with E-state index in [9.17, 15) is 22.4 Å². The number of ether oxygens (including phenoxy) is 1. The molecule has 3 aromatic rings. The van der Waals surface area contributed by atoms with E-state index in [1.165, 1.54) is 30.6 Å². The van der Waals surface area contributed by atoms with Crippen molar-refractivity contribution in [2.45, 2.75) is 43.6 Å². The van der Waals surface area contributed by atoms with Crippen molar-refractivity contribution in [2.24, 2.45) is 0 Å². The summed E-state index contributed by atoms with van der Waals surface area (Å²) >= 11 is 0. The summed E-state index contributed by atoms with van der Waals surface area (Å²) in [5.74, 6) is -0.663. The molecule has 2 fully saturated rings. The molecule has 0 saturated carbocycles. The van der Waals surface area contributed by atoms with Gasteiger partial charge in [0.2, 0.25) is 5.88 Å². The normalized spacial score (nSPS) is 21.9. The van der Waals surface area contributed by atoms with Gasteiger partial charge in [0.05, 0.1) is 24.0 Å². The van der Waals surface area contributed by atoms with E-state index in [4.69, 9.17) is 4.74 Å². The summed E-state index contributed by atoms with van der Waals surface area (Å²) in [5.41, 5.74) is -0.547. The number of hydrogen-bond donors (Lipinski definition) is 0. The Kier molecular flexibility index (Phi) is 5.18. The average molecular weight is 459 g/mol. The van der Waals surface area contributed by atoms with Gasteiger partial charge in [-0.05, 0) is 37.1 Å². The molecule has 2 aliphatic heterocycles. The number of amides is 1. The Hall–Kier alpha value is -3.63. The van der Waals surface area contributed by atoms with Crippen LogP contribution in [0.5, 0.6) is 5.88 Å². The van der Waals surface area contributed by atoms with Gasteiger partial charge in [-0.3, -0.25) is 4.79 Å². The summed E-state index contributed by atoms with van der Waals surface area (Å²) in [6, 6.07) is 5.07. The molecule has 0 radical (unpaired) electrons. The molecule has 33 heavy (non-hydrogen) atoms. The molecule has 2 aromatic heterocycles. The monoisotopic (exact) mass is 459 g/mol.